The lowest BCUT2D eigenvalue weighted by Gasteiger charge is -2.20. The third-order valence-corrected chi connectivity index (χ3v) is 4.87. The van der Waals surface area contributed by atoms with Crippen molar-refractivity contribution >= 4 is 6.09 Å². The summed E-state index contributed by atoms with van der Waals surface area (Å²) in [4.78, 5) is 11.9. The van der Waals surface area contributed by atoms with Crippen LogP contribution in [0.4, 0.5) is 4.79 Å². The highest BCUT2D eigenvalue weighted by molar-refractivity contribution is 5.68. The topological polar surface area (TPSA) is 85.6 Å². The summed E-state index contributed by atoms with van der Waals surface area (Å²) in [5.74, 6) is 0.760. The minimum absolute atomic E-state index is 0.180. The zero-order chi connectivity index (χ0) is 23.3. The Bertz CT molecular complexity index is 1030. The van der Waals surface area contributed by atoms with E-state index in [1.165, 1.54) is 0 Å². The minimum Gasteiger partial charge on any atom is -0.497 e. The number of nitrogens with one attached hydrogen (secondary N) is 1. The fraction of sp³-hybridized carbons (Fsp3) is 0.360. The van der Waals surface area contributed by atoms with Gasteiger partial charge >= 0.3 is 6.09 Å². The number of alkyl carbamates (subject to hydrolysis) is 1. The SMILES string of the molecule is CCC(O)c1cc(-c2ccc(COC(=O)NC(C)(C)C)cc2)n(-c2ccc(OC)cc2)n1. The molecular weight excluding hydrogens is 406 g/mol. The smallest absolute Gasteiger partial charge is 0.407 e. The number of ether oxygens (including phenoxy) is 2. The van der Waals surface area contributed by atoms with E-state index in [1.807, 2.05) is 87.0 Å². The molecule has 1 heterocycles. The summed E-state index contributed by atoms with van der Waals surface area (Å²) in [5, 5.41) is 17.8. The monoisotopic (exact) mass is 437 g/mol. The maximum atomic E-state index is 11.9. The van der Waals surface area contributed by atoms with Gasteiger partial charge in [0.2, 0.25) is 0 Å². The number of nitrogens with zero attached hydrogens (tertiary/aromatic N) is 2. The minimum atomic E-state index is -0.637. The van der Waals surface area contributed by atoms with Crippen molar-refractivity contribution < 1.29 is 19.4 Å². The predicted octanol–water partition coefficient (Wildman–Crippen LogP) is 5.02. The van der Waals surface area contributed by atoms with Gasteiger partial charge in [-0.3, -0.25) is 0 Å². The molecule has 0 saturated carbocycles. The number of aliphatic hydroxyl groups is 1. The number of methoxy groups -OCH3 is 1. The molecule has 7 nitrogen and oxygen atoms in total. The highest BCUT2D eigenvalue weighted by atomic mass is 16.5. The quantitative estimate of drug-likeness (QED) is 0.542. The first-order valence-electron chi connectivity index (χ1n) is 10.7. The molecule has 1 atom stereocenters. The number of aromatic nitrogens is 2. The van der Waals surface area contributed by atoms with E-state index in [0.717, 1.165) is 28.3 Å². The molecule has 7 heteroatoms. The molecule has 1 aromatic heterocycles. The van der Waals surface area contributed by atoms with Gasteiger partial charge in [-0.05, 0) is 63.1 Å². The van der Waals surface area contributed by atoms with Crippen LogP contribution in [0.15, 0.2) is 54.6 Å². The molecule has 2 N–H and O–H groups in total. The van der Waals surface area contributed by atoms with E-state index < -0.39 is 12.2 Å². The first-order valence-corrected chi connectivity index (χ1v) is 10.7. The average Bonchev–Trinajstić information content (AvgIpc) is 3.22. The molecule has 170 valence electrons. The number of amides is 1. The molecule has 0 aliphatic rings. The summed E-state index contributed by atoms with van der Waals surface area (Å²) in [6.07, 6.45) is -0.508. The Morgan fingerprint density at radius 3 is 2.34 bits per heavy atom. The number of carbonyl (C=O) groups excluding carboxylic acids is 1. The van der Waals surface area contributed by atoms with Crippen LogP contribution >= 0.6 is 0 Å². The maximum Gasteiger partial charge on any atom is 0.407 e. The van der Waals surface area contributed by atoms with Crippen molar-refractivity contribution in [2.75, 3.05) is 7.11 Å². The molecule has 2 aromatic carbocycles. The Labute approximate surface area is 189 Å². The van der Waals surface area contributed by atoms with E-state index in [0.29, 0.717) is 12.1 Å². The molecule has 1 unspecified atom stereocenters. The lowest BCUT2D eigenvalue weighted by molar-refractivity contribution is 0.131. The Morgan fingerprint density at radius 1 is 1.12 bits per heavy atom. The predicted molar refractivity (Wildman–Crippen MR) is 124 cm³/mol. The molecular formula is C25H31N3O4. The van der Waals surface area contributed by atoms with Crippen molar-refractivity contribution in [2.45, 2.75) is 52.4 Å². The van der Waals surface area contributed by atoms with E-state index >= 15 is 0 Å². The highest BCUT2D eigenvalue weighted by Crippen LogP contribution is 2.28. The van der Waals surface area contributed by atoms with E-state index in [4.69, 9.17) is 9.47 Å². The van der Waals surface area contributed by atoms with E-state index in [9.17, 15) is 9.90 Å². The lowest BCUT2D eigenvalue weighted by Crippen LogP contribution is -2.40. The first-order chi connectivity index (χ1) is 15.2. The van der Waals surface area contributed by atoms with Crippen LogP contribution in [0.2, 0.25) is 0 Å². The van der Waals surface area contributed by atoms with Crippen LogP contribution in [0.5, 0.6) is 5.75 Å². The third kappa shape index (κ3) is 5.88. The number of aliphatic hydroxyl groups excluding tert-OH is 1. The van der Waals surface area contributed by atoms with Gasteiger partial charge in [-0.2, -0.15) is 5.10 Å². The van der Waals surface area contributed by atoms with Crippen LogP contribution in [0, 0.1) is 0 Å². The van der Waals surface area contributed by atoms with Gasteiger partial charge in [0.1, 0.15) is 12.4 Å². The van der Waals surface area contributed by atoms with E-state index in [1.54, 1.807) is 7.11 Å². The van der Waals surface area contributed by atoms with Crippen molar-refractivity contribution in [3.8, 4) is 22.7 Å². The number of rotatable bonds is 7. The maximum absolute atomic E-state index is 11.9. The van der Waals surface area contributed by atoms with Gasteiger partial charge in [0.15, 0.2) is 0 Å². The summed E-state index contributed by atoms with van der Waals surface area (Å²) < 4.78 is 12.4. The fourth-order valence-corrected chi connectivity index (χ4v) is 3.16. The summed E-state index contributed by atoms with van der Waals surface area (Å²) in [7, 11) is 1.63. The number of benzene rings is 2. The Morgan fingerprint density at radius 2 is 1.78 bits per heavy atom. The molecule has 3 rings (SSSR count). The number of hydrogen-bond donors (Lipinski definition) is 2. The molecule has 32 heavy (non-hydrogen) atoms. The Kier molecular flexibility index (Phi) is 7.20. The van der Waals surface area contributed by atoms with Crippen LogP contribution < -0.4 is 10.1 Å². The van der Waals surface area contributed by atoms with E-state index in [-0.39, 0.29) is 12.1 Å². The molecule has 0 fully saturated rings. The van der Waals surface area contributed by atoms with Crippen molar-refractivity contribution in [3.05, 3.63) is 65.9 Å². The second kappa shape index (κ2) is 9.87. The largest absolute Gasteiger partial charge is 0.497 e. The molecule has 0 aliphatic heterocycles. The Hall–Kier alpha value is -3.32. The molecule has 0 bridgehead atoms. The molecule has 0 saturated heterocycles. The van der Waals surface area contributed by atoms with Gasteiger partial charge in [0, 0.05) is 11.1 Å². The van der Waals surface area contributed by atoms with E-state index in [2.05, 4.69) is 10.4 Å². The second-order valence-corrected chi connectivity index (χ2v) is 8.64. The van der Waals surface area contributed by atoms with Gasteiger partial charge < -0.3 is 19.9 Å². The summed E-state index contributed by atoms with van der Waals surface area (Å²) >= 11 is 0. The highest BCUT2D eigenvalue weighted by Gasteiger charge is 2.17. The fourth-order valence-electron chi connectivity index (χ4n) is 3.16. The third-order valence-electron chi connectivity index (χ3n) is 4.87. The van der Waals surface area contributed by atoms with Crippen LogP contribution in [0.1, 0.15) is 51.5 Å². The lowest BCUT2D eigenvalue weighted by atomic mass is 10.1. The standard InChI is InChI=1S/C25H31N3O4/c1-6-23(29)21-15-22(28(27-21)19-11-13-20(31-5)14-12-19)18-9-7-17(8-10-18)16-32-24(30)26-25(2,3)4/h7-15,23,29H,6,16H2,1-5H3,(H,26,30). The van der Waals surface area contributed by atoms with Gasteiger partial charge in [0.05, 0.1) is 30.3 Å². The van der Waals surface area contributed by atoms with Crippen molar-refractivity contribution in [1.29, 1.82) is 0 Å². The first kappa shape index (κ1) is 23.3. The summed E-state index contributed by atoms with van der Waals surface area (Å²) in [5.41, 5.74) is 3.80. The van der Waals surface area contributed by atoms with Crippen molar-refractivity contribution in [3.63, 3.8) is 0 Å². The molecule has 0 spiro atoms. The summed E-state index contributed by atoms with van der Waals surface area (Å²) in [6, 6.07) is 17.3. The second-order valence-electron chi connectivity index (χ2n) is 8.64. The molecule has 0 radical (unpaired) electrons. The van der Waals surface area contributed by atoms with Crippen LogP contribution in [0.25, 0.3) is 16.9 Å². The average molecular weight is 438 g/mol. The normalized spacial score (nSPS) is 12.3. The summed E-state index contributed by atoms with van der Waals surface area (Å²) in [6.45, 7) is 7.80. The zero-order valence-corrected chi connectivity index (χ0v) is 19.3. The number of carbonyl (C=O) groups is 1. The van der Waals surface area contributed by atoms with Crippen LogP contribution in [0.3, 0.4) is 0 Å². The molecule has 3 aromatic rings. The van der Waals surface area contributed by atoms with Crippen molar-refractivity contribution in [1.82, 2.24) is 15.1 Å². The van der Waals surface area contributed by atoms with Crippen LogP contribution in [-0.4, -0.2) is 33.6 Å². The van der Waals surface area contributed by atoms with Gasteiger partial charge in [-0.1, -0.05) is 31.2 Å². The zero-order valence-electron chi connectivity index (χ0n) is 19.3. The molecule has 0 aliphatic carbocycles. The van der Waals surface area contributed by atoms with Gasteiger partial charge in [-0.25, -0.2) is 9.48 Å². The van der Waals surface area contributed by atoms with Gasteiger partial charge in [-0.15, -0.1) is 0 Å². The molecule has 1 amide bonds. The van der Waals surface area contributed by atoms with Crippen LogP contribution in [-0.2, 0) is 11.3 Å². The van der Waals surface area contributed by atoms with Crippen molar-refractivity contribution in [2.24, 2.45) is 0 Å². The Balaban J connectivity index is 1.84. The number of hydrogen-bond acceptors (Lipinski definition) is 5. The van der Waals surface area contributed by atoms with Gasteiger partial charge in [0.25, 0.3) is 0 Å².